The van der Waals surface area contributed by atoms with Gasteiger partial charge in [-0.3, -0.25) is 4.79 Å². The second-order valence-corrected chi connectivity index (χ2v) is 5.63. The van der Waals surface area contributed by atoms with E-state index in [-0.39, 0.29) is 6.54 Å². The Balaban J connectivity index is 1.91. The van der Waals surface area contributed by atoms with Gasteiger partial charge in [0.1, 0.15) is 5.69 Å². The summed E-state index contributed by atoms with van der Waals surface area (Å²) in [6, 6.07) is 13.2. The van der Waals surface area contributed by atoms with Crippen LogP contribution in [-0.4, -0.2) is 38.7 Å². The van der Waals surface area contributed by atoms with Gasteiger partial charge in [-0.25, -0.2) is 9.48 Å². The quantitative estimate of drug-likeness (QED) is 0.690. The van der Waals surface area contributed by atoms with Gasteiger partial charge < -0.3 is 14.4 Å². The van der Waals surface area contributed by atoms with Crippen molar-refractivity contribution in [3.63, 3.8) is 0 Å². The van der Waals surface area contributed by atoms with Crippen molar-refractivity contribution in [1.82, 2.24) is 14.7 Å². The van der Waals surface area contributed by atoms with Gasteiger partial charge in [-0.1, -0.05) is 18.2 Å². The van der Waals surface area contributed by atoms with Crippen molar-refractivity contribution in [2.24, 2.45) is 0 Å². The molecule has 1 aromatic carbocycles. The maximum Gasteiger partial charge on any atom is 0.328 e. The number of carbonyl (C=O) groups excluding carboxylic acids is 1. The molecule has 2 aromatic heterocycles. The van der Waals surface area contributed by atoms with E-state index in [4.69, 9.17) is 9.52 Å². The molecular formula is C19H17N3O4. The van der Waals surface area contributed by atoms with E-state index in [1.807, 2.05) is 36.5 Å². The Morgan fingerprint density at radius 3 is 2.62 bits per heavy atom. The third-order valence-electron chi connectivity index (χ3n) is 3.72. The predicted molar refractivity (Wildman–Crippen MR) is 94.5 cm³/mol. The van der Waals surface area contributed by atoms with E-state index < -0.39 is 11.9 Å². The van der Waals surface area contributed by atoms with Crippen LogP contribution in [-0.2, 0) is 16.1 Å². The fourth-order valence-electron chi connectivity index (χ4n) is 2.46. The topological polar surface area (TPSA) is 88.6 Å². The molecule has 0 unspecified atom stereocenters. The highest BCUT2D eigenvalue weighted by Crippen LogP contribution is 2.25. The number of carboxylic acids is 1. The molecule has 0 aliphatic carbocycles. The number of hydrogen-bond acceptors (Lipinski definition) is 4. The fourth-order valence-corrected chi connectivity index (χ4v) is 2.46. The van der Waals surface area contributed by atoms with Crippen LogP contribution >= 0.6 is 0 Å². The van der Waals surface area contributed by atoms with Gasteiger partial charge in [0, 0.05) is 37.5 Å². The molecule has 0 saturated heterocycles. The van der Waals surface area contributed by atoms with Crippen LogP contribution in [0.25, 0.3) is 17.1 Å². The Hall–Kier alpha value is -3.61. The molecule has 3 aromatic rings. The fraction of sp³-hybridized carbons (Fsp3) is 0.105. The van der Waals surface area contributed by atoms with Crippen molar-refractivity contribution in [2.45, 2.75) is 6.54 Å². The minimum atomic E-state index is -1.17. The molecule has 0 spiro atoms. The van der Waals surface area contributed by atoms with Gasteiger partial charge in [0.15, 0.2) is 5.76 Å². The van der Waals surface area contributed by atoms with Crippen LogP contribution < -0.4 is 0 Å². The Morgan fingerprint density at radius 2 is 1.96 bits per heavy atom. The molecule has 0 fully saturated rings. The number of furan rings is 1. The van der Waals surface area contributed by atoms with Crippen LogP contribution in [0.15, 0.2) is 71.5 Å². The van der Waals surface area contributed by atoms with E-state index in [0.29, 0.717) is 11.5 Å². The second kappa shape index (κ2) is 7.52. The molecule has 3 rings (SSSR count). The summed E-state index contributed by atoms with van der Waals surface area (Å²) in [5.74, 6) is -0.984. The lowest BCUT2D eigenvalue weighted by atomic mass is 10.2. The molecule has 0 saturated carbocycles. The number of likely N-dealkylation sites (N-methyl/N-ethyl adjacent to an activating group) is 1. The number of nitrogens with zero attached hydrogens (tertiary/aromatic N) is 3. The molecular weight excluding hydrogens is 334 g/mol. The largest absolute Gasteiger partial charge is 0.478 e. The maximum atomic E-state index is 12.1. The van der Waals surface area contributed by atoms with Crippen LogP contribution in [0.3, 0.4) is 0 Å². The summed E-state index contributed by atoms with van der Waals surface area (Å²) in [5, 5.41) is 13.2. The van der Waals surface area contributed by atoms with E-state index in [0.717, 1.165) is 23.4 Å². The lowest BCUT2D eigenvalue weighted by molar-refractivity contribution is -0.132. The number of carboxylic acid groups (broad SMARTS) is 1. The lowest BCUT2D eigenvalue weighted by Crippen LogP contribution is -2.24. The average Bonchev–Trinajstić information content (AvgIpc) is 3.29. The van der Waals surface area contributed by atoms with Crippen LogP contribution in [0, 0.1) is 0 Å². The summed E-state index contributed by atoms with van der Waals surface area (Å²) < 4.78 is 7.18. The van der Waals surface area contributed by atoms with E-state index in [2.05, 4.69) is 5.10 Å². The molecule has 0 bridgehead atoms. The van der Waals surface area contributed by atoms with Gasteiger partial charge in [-0.2, -0.15) is 5.10 Å². The first-order valence-corrected chi connectivity index (χ1v) is 7.88. The molecule has 1 N–H and O–H groups in total. The van der Waals surface area contributed by atoms with Crippen LogP contribution in [0.2, 0.25) is 0 Å². The number of amides is 1. The van der Waals surface area contributed by atoms with Crippen LogP contribution in [0.1, 0.15) is 5.56 Å². The first-order chi connectivity index (χ1) is 12.5. The Kier molecular flexibility index (Phi) is 4.98. The zero-order valence-electron chi connectivity index (χ0n) is 14.1. The highest BCUT2D eigenvalue weighted by Gasteiger charge is 2.17. The summed E-state index contributed by atoms with van der Waals surface area (Å²) in [5.41, 5.74) is 2.29. The molecule has 2 heterocycles. The SMILES string of the molecule is CN(Cc1cn(-c2ccccc2)nc1-c1ccco1)C(=O)C=CC(=O)O. The van der Waals surface area contributed by atoms with E-state index in [1.54, 1.807) is 30.1 Å². The number of rotatable bonds is 6. The molecule has 0 radical (unpaired) electrons. The zero-order valence-corrected chi connectivity index (χ0v) is 14.1. The van der Waals surface area contributed by atoms with Gasteiger partial charge in [-0.15, -0.1) is 0 Å². The standard InChI is InChI=1S/C19H17N3O4/c1-21(17(23)9-10-18(24)25)12-14-13-22(15-6-3-2-4-7-15)20-19(14)16-8-5-11-26-16/h2-11,13H,12H2,1H3,(H,24,25). The number of aromatic nitrogens is 2. The molecule has 0 aliphatic rings. The number of hydrogen-bond donors (Lipinski definition) is 1. The molecule has 1 amide bonds. The van der Waals surface area contributed by atoms with E-state index in [1.165, 1.54) is 4.90 Å². The Morgan fingerprint density at radius 1 is 1.19 bits per heavy atom. The van der Waals surface area contributed by atoms with Crippen molar-refractivity contribution in [3.8, 4) is 17.1 Å². The summed E-state index contributed by atoms with van der Waals surface area (Å²) in [7, 11) is 1.60. The smallest absolute Gasteiger partial charge is 0.328 e. The first-order valence-electron chi connectivity index (χ1n) is 7.88. The van der Waals surface area contributed by atoms with Gasteiger partial charge in [0.25, 0.3) is 0 Å². The van der Waals surface area contributed by atoms with Crippen LogP contribution in [0.5, 0.6) is 0 Å². The predicted octanol–water partition coefficient (Wildman–Crippen LogP) is 2.73. The first kappa shape index (κ1) is 17.2. The summed E-state index contributed by atoms with van der Waals surface area (Å²) >= 11 is 0. The van der Waals surface area contributed by atoms with Gasteiger partial charge in [-0.05, 0) is 24.3 Å². The van der Waals surface area contributed by atoms with Gasteiger partial charge in [0.05, 0.1) is 12.0 Å². The van der Waals surface area contributed by atoms with Gasteiger partial charge >= 0.3 is 5.97 Å². The monoisotopic (exact) mass is 351 g/mol. The molecule has 7 nitrogen and oxygen atoms in total. The summed E-state index contributed by atoms with van der Waals surface area (Å²) in [6.45, 7) is 0.256. The Labute approximate surface area is 149 Å². The molecule has 0 aliphatic heterocycles. The molecule has 132 valence electrons. The third-order valence-corrected chi connectivity index (χ3v) is 3.72. The third kappa shape index (κ3) is 3.89. The van der Waals surface area contributed by atoms with Crippen molar-refractivity contribution in [1.29, 1.82) is 0 Å². The Bertz CT molecular complexity index is 927. The van der Waals surface area contributed by atoms with Crippen molar-refractivity contribution < 1.29 is 19.1 Å². The second-order valence-electron chi connectivity index (χ2n) is 5.63. The molecule has 7 heteroatoms. The van der Waals surface area contributed by atoms with Crippen molar-refractivity contribution in [3.05, 3.63) is 72.6 Å². The highest BCUT2D eigenvalue weighted by molar-refractivity contribution is 5.93. The minimum absolute atomic E-state index is 0.256. The van der Waals surface area contributed by atoms with E-state index >= 15 is 0 Å². The van der Waals surface area contributed by atoms with E-state index in [9.17, 15) is 9.59 Å². The van der Waals surface area contributed by atoms with Gasteiger partial charge in [0.2, 0.25) is 5.91 Å². The zero-order chi connectivity index (χ0) is 18.5. The normalized spacial score (nSPS) is 11.0. The number of carbonyl (C=O) groups is 2. The minimum Gasteiger partial charge on any atom is -0.478 e. The molecule has 0 atom stereocenters. The van der Waals surface area contributed by atoms with Crippen molar-refractivity contribution in [2.75, 3.05) is 7.05 Å². The maximum absolute atomic E-state index is 12.1. The summed E-state index contributed by atoms with van der Waals surface area (Å²) in [6.07, 6.45) is 5.24. The van der Waals surface area contributed by atoms with Crippen LogP contribution in [0.4, 0.5) is 0 Å². The number of benzene rings is 1. The average molecular weight is 351 g/mol. The highest BCUT2D eigenvalue weighted by atomic mass is 16.4. The number of aliphatic carboxylic acids is 1. The lowest BCUT2D eigenvalue weighted by Gasteiger charge is -2.14. The number of para-hydroxylation sites is 1. The molecule has 26 heavy (non-hydrogen) atoms. The summed E-state index contributed by atoms with van der Waals surface area (Å²) in [4.78, 5) is 24.0. The van der Waals surface area contributed by atoms with Crippen molar-refractivity contribution >= 4 is 11.9 Å².